The number of carbonyl (C=O) groups is 3. The minimum Gasteiger partial charge on any atom is -0.313 e. The molecule has 3 rings (SSSR count). The molecule has 1 saturated carbocycles. The Labute approximate surface area is 161 Å². The number of amides is 3. The zero-order chi connectivity index (χ0) is 19.9. The largest absolute Gasteiger partial charge is 0.327 e. The summed E-state index contributed by atoms with van der Waals surface area (Å²) in [4.78, 5) is 41.6. The predicted molar refractivity (Wildman–Crippen MR) is 104 cm³/mol. The number of aryl methyl sites for hydroxylation is 1. The van der Waals surface area contributed by atoms with Crippen LogP contribution in [0.1, 0.15) is 56.0 Å². The number of likely N-dealkylation sites (N-methyl/N-ethyl adjacent to an activating group) is 1. The van der Waals surface area contributed by atoms with Crippen LogP contribution in [0.15, 0.2) is 24.3 Å². The van der Waals surface area contributed by atoms with Crippen LogP contribution in [-0.2, 0) is 4.79 Å². The molecule has 1 aromatic rings. The van der Waals surface area contributed by atoms with Crippen LogP contribution in [-0.4, -0.2) is 46.7 Å². The van der Waals surface area contributed by atoms with Crippen LogP contribution in [0.4, 0.5) is 4.79 Å². The molecule has 1 heterocycles. The second-order valence-corrected chi connectivity index (χ2v) is 8.68. The zero-order valence-electron chi connectivity index (χ0n) is 17.0. The fourth-order valence-corrected chi connectivity index (χ4v) is 4.80. The van der Waals surface area contributed by atoms with Crippen LogP contribution < -0.4 is 0 Å². The fourth-order valence-electron chi connectivity index (χ4n) is 4.80. The van der Waals surface area contributed by atoms with E-state index in [2.05, 4.69) is 13.8 Å². The first-order valence-corrected chi connectivity index (χ1v) is 9.85. The summed E-state index contributed by atoms with van der Waals surface area (Å²) in [6, 6.07) is 6.89. The number of rotatable bonds is 4. The maximum atomic E-state index is 13.3. The van der Waals surface area contributed by atoms with Crippen molar-refractivity contribution in [1.29, 1.82) is 0 Å². The highest BCUT2D eigenvalue weighted by Gasteiger charge is 2.58. The maximum absolute atomic E-state index is 13.3. The SMILES string of the molecule is Cc1cccc(C(=O)CN2C(=O)N(C)C(C)(C3CC(C)CCC3C)C2=O)c1. The van der Waals surface area contributed by atoms with Crippen molar-refractivity contribution in [2.75, 3.05) is 13.6 Å². The molecule has 3 amide bonds. The fraction of sp³-hybridized carbons (Fsp3) is 0.591. The van der Waals surface area contributed by atoms with E-state index in [0.29, 0.717) is 17.4 Å². The van der Waals surface area contributed by atoms with Gasteiger partial charge in [-0.2, -0.15) is 0 Å². The molecule has 4 atom stereocenters. The molecule has 0 radical (unpaired) electrons. The van der Waals surface area contributed by atoms with E-state index in [1.807, 2.05) is 26.0 Å². The Kier molecular flexibility index (Phi) is 5.15. The summed E-state index contributed by atoms with van der Waals surface area (Å²) in [6.07, 6.45) is 3.16. The lowest BCUT2D eigenvalue weighted by molar-refractivity contribution is -0.136. The lowest BCUT2D eigenvalue weighted by Gasteiger charge is -2.44. The Morgan fingerprint density at radius 3 is 2.59 bits per heavy atom. The number of nitrogens with zero attached hydrogens (tertiary/aromatic N) is 2. The third-order valence-electron chi connectivity index (χ3n) is 6.71. The highest BCUT2D eigenvalue weighted by Crippen LogP contribution is 2.45. The van der Waals surface area contributed by atoms with E-state index in [-0.39, 0.29) is 30.2 Å². The zero-order valence-corrected chi connectivity index (χ0v) is 17.0. The van der Waals surface area contributed by atoms with Crippen LogP contribution in [0, 0.1) is 24.7 Å². The highest BCUT2D eigenvalue weighted by atomic mass is 16.2. The van der Waals surface area contributed by atoms with Gasteiger partial charge in [-0.05, 0) is 44.1 Å². The van der Waals surface area contributed by atoms with E-state index in [0.717, 1.165) is 29.7 Å². The molecule has 1 aliphatic heterocycles. The standard InChI is InChI=1S/C22H30N2O3/c1-14-7-6-8-17(11-14)19(25)13-24-20(26)22(4,23(5)21(24)27)18-12-15(2)9-10-16(18)3/h6-8,11,15-16,18H,9-10,12-13H2,1-5H3. The number of Topliss-reactive ketones (excluding diaryl/α,β-unsaturated/α-hetero) is 1. The van der Waals surface area contributed by atoms with Gasteiger partial charge in [-0.15, -0.1) is 0 Å². The van der Waals surface area contributed by atoms with Gasteiger partial charge in [0.1, 0.15) is 5.54 Å². The Bertz CT molecular complexity index is 775. The molecule has 1 aliphatic carbocycles. The first-order chi connectivity index (χ1) is 12.7. The van der Waals surface area contributed by atoms with Crippen molar-refractivity contribution < 1.29 is 14.4 Å². The lowest BCUT2D eigenvalue weighted by atomic mass is 9.66. The van der Waals surface area contributed by atoms with Gasteiger partial charge in [0.05, 0.1) is 6.54 Å². The van der Waals surface area contributed by atoms with Crippen LogP contribution in [0.5, 0.6) is 0 Å². The molecule has 5 heteroatoms. The van der Waals surface area contributed by atoms with E-state index in [4.69, 9.17) is 0 Å². The van der Waals surface area contributed by atoms with Crippen molar-refractivity contribution in [2.24, 2.45) is 17.8 Å². The highest BCUT2D eigenvalue weighted by molar-refractivity contribution is 6.11. The van der Waals surface area contributed by atoms with Crippen molar-refractivity contribution in [2.45, 2.75) is 52.5 Å². The topological polar surface area (TPSA) is 57.7 Å². The summed E-state index contributed by atoms with van der Waals surface area (Å²) in [5.74, 6) is 0.590. The summed E-state index contributed by atoms with van der Waals surface area (Å²) in [7, 11) is 1.70. The Morgan fingerprint density at radius 2 is 1.93 bits per heavy atom. The van der Waals surface area contributed by atoms with Crippen LogP contribution >= 0.6 is 0 Å². The maximum Gasteiger partial charge on any atom is 0.327 e. The third-order valence-corrected chi connectivity index (χ3v) is 6.71. The first-order valence-electron chi connectivity index (χ1n) is 9.85. The number of imide groups is 1. The number of carbonyl (C=O) groups excluding carboxylic acids is 3. The van der Waals surface area contributed by atoms with Crippen LogP contribution in [0.3, 0.4) is 0 Å². The molecule has 146 valence electrons. The predicted octanol–water partition coefficient (Wildman–Crippen LogP) is 3.90. The van der Waals surface area contributed by atoms with Gasteiger partial charge in [-0.3, -0.25) is 14.5 Å². The molecule has 1 saturated heterocycles. The van der Waals surface area contributed by atoms with Gasteiger partial charge >= 0.3 is 6.03 Å². The average Bonchev–Trinajstić information content (AvgIpc) is 2.79. The van der Waals surface area contributed by atoms with Gasteiger partial charge in [0.25, 0.3) is 5.91 Å². The van der Waals surface area contributed by atoms with Gasteiger partial charge in [0.15, 0.2) is 5.78 Å². The van der Waals surface area contributed by atoms with Crippen molar-refractivity contribution in [3.05, 3.63) is 35.4 Å². The van der Waals surface area contributed by atoms with Gasteiger partial charge in [0.2, 0.25) is 0 Å². The number of urea groups is 1. The van der Waals surface area contributed by atoms with Crippen LogP contribution in [0.2, 0.25) is 0 Å². The smallest absolute Gasteiger partial charge is 0.313 e. The molecule has 2 fully saturated rings. The quantitative estimate of drug-likeness (QED) is 0.596. The molecular formula is C22H30N2O3. The molecular weight excluding hydrogens is 340 g/mol. The van der Waals surface area contributed by atoms with Crippen molar-refractivity contribution in [3.63, 3.8) is 0 Å². The average molecular weight is 370 g/mol. The van der Waals surface area contributed by atoms with Crippen molar-refractivity contribution in [1.82, 2.24) is 9.80 Å². The van der Waals surface area contributed by atoms with E-state index < -0.39 is 5.54 Å². The summed E-state index contributed by atoms with van der Waals surface area (Å²) in [6.45, 7) is 7.98. The second kappa shape index (κ2) is 7.10. The van der Waals surface area contributed by atoms with E-state index in [1.165, 1.54) is 0 Å². The lowest BCUT2D eigenvalue weighted by Crippen LogP contribution is -2.54. The Morgan fingerprint density at radius 1 is 1.22 bits per heavy atom. The van der Waals surface area contributed by atoms with Gasteiger partial charge < -0.3 is 4.90 Å². The summed E-state index contributed by atoms with van der Waals surface area (Å²) in [5.41, 5.74) is 0.635. The molecule has 5 nitrogen and oxygen atoms in total. The summed E-state index contributed by atoms with van der Waals surface area (Å²) < 4.78 is 0. The van der Waals surface area contributed by atoms with Gasteiger partial charge in [-0.1, -0.05) is 50.5 Å². The molecule has 0 bridgehead atoms. The number of benzene rings is 1. The monoisotopic (exact) mass is 370 g/mol. The third kappa shape index (κ3) is 3.28. The first kappa shape index (κ1) is 19.6. The normalized spacial score (nSPS) is 31.5. The van der Waals surface area contributed by atoms with Crippen LogP contribution in [0.25, 0.3) is 0 Å². The second-order valence-electron chi connectivity index (χ2n) is 8.68. The minimum absolute atomic E-state index is 0.113. The molecule has 0 spiro atoms. The molecule has 2 aliphatic rings. The molecule has 0 aromatic heterocycles. The van der Waals surface area contributed by atoms with Gasteiger partial charge in [-0.25, -0.2) is 4.79 Å². The van der Waals surface area contributed by atoms with Gasteiger partial charge in [0, 0.05) is 12.6 Å². The van der Waals surface area contributed by atoms with Crippen molar-refractivity contribution >= 4 is 17.7 Å². The Balaban J connectivity index is 1.85. The molecule has 1 aromatic carbocycles. The molecule has 4 unspecified atom stereocenters. The molecule has 0 N–H and O–H groups in total. The Hall–Kier alpha value is -2.17. The number of hydrogen-bond donors (Lipinski definition) is 0. The van der Waals surface area contributed by atoms with Crippen molar-refractivity contribution in [3.8, 4) is 0 Å². The molecule has 27 heavy (non-hydrogen) atoms. The van der Waals surface area contributed by atoms with E-state index in [1.54, 1.807) is 24.1 Å². The minimum atomic E-state index is -0.877. The number of ketones is 1. The van der Waals surface area contributed by atoms with E-state index in [9.17, 15) is 14.4 Å². The summed E-state index contributed by atoms with van der Waals surface area (Å²) in [5, 5.41) is 0. The number of hydrogen-bond acceptors (Lipinski definition) is 3. The van der Waals surface area contributed by atoms with E-state index >= 15 is 0 Å². The summed E-state index contributed by atoms with van der Waals surface area (Å²) >= 11 is 0.